The van der Waals surface area contributed by atoms with Crippen molar-refractivity contribution in [2.75, 3.05) is 6.61 Å². The Labute approximate surface area is 202 Å². The third kappa shape index (κ3) is 5.67. The van der Waals surface area contributed by atoms with Gasteiger partial charge in [-0.15, -0.1) is 5.10 Å². The Balaban J connectivity index is 1.30. The lowest BCUT2D eigenvalue weighted by Gasteiger charge is -2.51. The molecule has 1 aliphatic carbocycles. The summed E-state index contributed by atoms with van der Waals surface area (Å²) in [6.45, 7) is 3.42. The summed E-state index contributed by atoms with van der Waals surface area (Å²) in [4.78, 5) is 12.3. The van der Waals surface area contributed by atoms with Gasteiger partial charge in [-0.05, 0) is 56.2 Å². The molecule has 1 N–H and O–H groups in total. The van der Waals surface area contributed by atoms with Gasteiger partial charge < -0.3 is 19.2 Å². The second kappa shape index (κ2) is 9.03. The SMILES string of the molecule is CC1(NC(=O)COc2ccc(Cl)c(F)c2)CC(C)(c2nnc(Oc3ccc(C(F)(F)F)cc3)o2)C1. The van der Waals surface area contributed by atoms with E-state index in [1.165, 1.54) is 12.1 Å². The average molecular weight is 514 g/mol. The van der Waals surface area contributed by atoms with Crippen LogP contribution in [0.25, 0.3) is 0 Å². The Kier molecular flexibility index (Phi) is 6.39. The third-order valence-corrected chi connectivity index (χ3v) is 5.88. The molecule has 0 atom stereocenters. The number of alkyl halides is 3. The molecule has 3 aromatic rings. The van der Waals surface area contributed by atoms with Crippen LogP contribution >= 0.6 is 11.6 Å². The number of rotatable bonds is 7. The highest BCUT2D eigenvalue weighted by Crippen LogP contribution is 2.49. The molecule has 186 valence electrons. The quantitative estimate of drug-likeness (QED) is 0.409. The van der Waals surface area contributed by atoms with Crippen LogP contribution in [0.3, 0.4) is 0 Å². The van der Waals surface area contributed by atoms with E-state index in [4.69, 9.17) is 25.5 Å². The number of nitrogens with one attached hydrogen (secondary N) is 1. The molecule has 2 aromatic carbocycles. The lowest BCUT2D eigenvalue weighted by Crippen LogP contribution is -2.61. The molecule has 12 heteroatoms. The maximum absolute atomic E-state index is 13.5. The third-order valence-electron chi connectivity index (χ3n) is 5.57. The van der Waals surface area contributed by atoms with Gasteiger partial charge in [-0.2, -0.15) is 13.2 Å². The maximum Gasteiger partial charge on any atom is 0.420 e. The number of carbonyl (C=O) groups excluding carboxylic acids is 1. The Morgan fingerprint density at radius 2 is 1.77 bits per heavy atom. The fraction of sp³-hybridized carbons (Fsp3) is 0.348. The molecule has 7 nitrogen and oxygen atoms in total. The normalized spacial score (nSPS) is 21.8. The number of amides is 1. The zero-order chi connectivity index (χ0) is 25.4. The minimum absolute atomic E-state index is 0.0444. The van der Waals surface area contributed by atoms with E-state index in [1.54, 1.807) is 0 Å². The van der Waals surface area contributed by atoms with Crippen LogP contribution in [-0.4, -0.2) is 28.3 Å². The molecule has 4 rings (SSSR count). The van der Waals surface area contributed by atoms with Crippen molar-refractivity contribution < 1.29 is 36.2 Å². The van der Waals surface area contributed by atoms with E-state index in [0.29, 0.717) is 12.8 Å². The van der Waals surface area contributed by atoms with Crippen LogP contribution in [0.5, 0.6) is 17.6 Å². The molecule has 0 bridgehead atoms. The smallest absolute Gasteiger partial charge is 0.420 e. The van der Waals surface area contributed by atoms with Crippen LogP contribution in [0, 0.1) is 5.82 Å². The Hall–Kier alpha value is -3.34. The average Bonchev–Trinajstić information content (AvgIpc) is 3.22. The molecule has 0 saturated heterocycles. The van der Waals surface area contributed by atoms with E-state index in [9.17, 15) is 22.4 Å². The highest BCUT2D eigenvalue weighted by molar-refractivity contribution is 6.30. The number of carbonyl (C=O) groups is 1. The van der Waals surface area contributed by atoms with Gasteiger partial charge >= 0.3 is 12.3 Å². The van der Waals surface area contributed by atoms with E-state index in [0.717, 1.165) is 30.3 Å². The van der Waals surface area contributed by atoms with Gasteiger partial charge in [0.1, 0.15) is 17.3 Å². The molecule has 1 aromatic heterocycles. The minimum atomic E-state index is -4.45. The topological polar surface area (TPSA) is 86.5 Å². The Bertz CT molecular complexity index is 1220. The zero-order valence-corrected chi connectivity index (χ0v) is 19.3. The van der Waals surface area contributed by atoms with Crippen molar-refractivity contribution in [3.63, 3.8) is 0 Å². The summed E-state index contributed by atoms with van der Waals surface area (Å²) in [5, 5.41) is 10.6. The summed E-state index contributed by atoms with van der Waals surface area (Å²) >= 11 is 5.62. The van der Waals surface area contributed by atoms with E-state index >= 15 is 0 Å². The van der Waals surface area contributed by atoms with Crippen LogP contribution in [0.1, 0.15) is 38.1 Å². The molecule has 0 unspecified atom stereocenters. The van der Waals surface area contributed by atoms with Crippen LogP contribution in [-0.2, 0) is 16.4 Å². The molecular weight excluding hydrogens is 494 g/mol. The molecule has 1 saturated carbocycles. The van der Waals surface area contributed by atoms with Gasteiger partial charge in [0.15, 0.2) is 6.61 Å². The lowest BCUT2D eigenvalue weighted by molar-refractivity contribution is -0.137. The van der Waals surface area contributed by atoms with Crippen molar-refractivity contribution in [3.05, 3.63) is 64.8 Å². The summed E-state index contributed by atoms with van der Waals surface area (Å²) in [7, 11) is 0. The summed E-state index contributed by atoms with van der Waals surface area (Å²) in [6, 6.07) is 7.99. The molecule has 1 aliphatic rings. The van der Waals surface area contributed by atoms with Crippen molar-refractivity contribution in [1.82, 2.24) is 15.5 Å². The van der Waals surface area contributed by atoms with Crippen molar-refractivity contribution >= 4 is 17.5 Å². The Morgan fingerprint density at radius 1 is 1.11 bits per heavy atom. The van der Waals surface area contributed by atoms with Gasteiger partial charge in [0, 0.05) is 11.6 Å². The van der Waals surface area contributed by atoms with Gasteiger partial charge in [0.25, 0.3) is 5.91 Å². The molecule has 0 spiro atoms. The summed E-state index contributed by atoms with van der Waals surface area (Å²) in [5.41, 5.74) is -1.91. The van der Waals surface area contributed by atoms with Gasteiger partial charge in [-0.1, -0.05) is 23.6 Å². The first-order valence-corrected chi connectivity index (χ1v) is 10.8. The monoisotopic (exact) mass is 513 g/mol. The maximum atomic E-state index is 13.5. The highest BCUT2D eigenvalue weighted by Gasteiger charge is 2.53. The van der Waals surface area contributed by atoms with Crippen LogP contribution in [0.4, 0.5) is 17.6 Å². The minimum Gasteiger partial charge on any atom is -0.484 e. The molecule has 0 radical (unpaired) electrons. The number of aromatic nitrogens is 2. The van der Waals surface area contributed by atoms with Crippen LogP contribution in [0.15, 0.2) is 46.9 Å². The number of benzene rings is 2. The second-order valence-electron chi connectivity index (χ2n) is 8.88. The van der Waals surface area contributed by atoms with Crippen molar-refractivity contribution in [3.8, 4) is 17.6 Å². The first kappa shape index (κ1) is 24.8. The van der Waals surface area contributed by atoms with E-state index < -0.39 is 28.5 Å². The number of ether oxygens (including phenoxy) is 2. The molecule has 1 fully saturated rings. The van der Waals surface area contributed by atoms with Crippen LogP contribution < -0.4 is 14.8 Å². The number of hydrogen-bond donors (Lipinski definition) is 1. The predicted molar refractivity (Wildman–Crippen MR) is 116 cm³/mol. The Morgan fingerprint density at radius 3 is 2.40 bits per heavy atom. The summed E-state index contributed by atoms with van der Waals surface area (Å²) in [5.74, 6) is -0.463. The summed E-state index contributed by atoms with van der Waals surface area (Å²) < 4.78 is 67.8. The standard InChI is InChI=1S/C23H20ClF4N3O4/c1-21(19-30-31-20(35-19)34-14-5-3-13(4-6-14)23(26,27)28)11-22(2,12-21)29-18(32)10-33-15-7-8-16(24)17(25)9-15/h3-9H,10-12H2,1-2H3,(H,29,32). The highest BCUT2D eigenvalue weighted by atomic mass is 35.5. The number of hydrogen-bond acceptors (Lipinski definition) is 6. The van der Waals surface area contributed by atoms with Crippen molar-refractivity contribution in [1.29, 1.82) is 0 Å². The number of halogens is 5. The fourth-order valence-corrected chi connectivity index (χ4v) is 4.42. The molecule has 1 heterocycles. The predicted octanol–water partition coefficient (Wildman–Crippen LogP) is 5.68. The van der Waals surface area contributed by atoms with Crippen LogP contribution in [0.2, 0.25) is 5.02 Å². The number of nitrogens with zero attached hydrogens (tertiary/aromatic N) is 2. The fourth-order valence-electron chi connectivity index (χ4n) is 4.31. The molecule has 0 aliphatic heterocycles. The zero-order valence-electron chi connectivity index (χ0n) is 18.6. The second-order valence-corrected chi connectivity index (χ2v) is 9.29. The first-order valence-electron chi connectivity index (χ1n) is 10.4. The largest absolute Gasteiger partial charge is 0.484 e. The van der Waals surface area contributed by atoms with E-state index in [-0.39, 0.29) is 41.0 Å². The first-order chi connectivity index (χ1) is 16.4. The van der Waals surface area contributed by atoms with Crippen molar-refractivity contribution in [2.24, 2.45) is 0 Å². The van der Waals surface area contributed by atoms with Gasteiger partial charge in [-0.25, -0.2) is 4.39 Å². The molecule has 35 heavy (non-hydrogen) atoms. The molecular formula is C23H20ClF4N3O4. The van der Waals surface area contributed by atoms with E-state index in [2.05, 4.69) is 15.5 Å². The van der Waals surface area contributed by atoms with E-state index in [1.807, 2.05) is 13.8 Å². The lowest BCUT2D eigenvalue weighted by atomic mass is 9.59. The summed E-state index contributed by atoms with van der Waals surface area (Å²) in [6.07, 6.45) is -3.70. The van der Waals surface area contributed by atoms with Gasteiger partial charge in [-0.3, -0.25) is 4.79 Å². The van der Waals surface area contributed by atoms with Gasteiger partial charge in [0.05, 0.1) is 16.0 Å². The molecule has 1 amide bonds. The van der Waals surface area contributed by atoms with Crippen molar-refractivity contribution in [2.45, 2.75) is 43.8 Å². The van der Waals surface area contributed by atoms with Gasteiger partial charge in [0.2, 0.25) is 5.89 Å².